The van der Waals surface area contributed by atoms with E-state index >= 15 is 0 Å². The molecular formula is C18H7F6N3O2. The molecule has 2 aromatic carbocycles. The van der Waals surface area contributed by atoms with Crippen LogP contribution in [0.3, 0.4) is 0 Å². The van der Waals surface area contributed by atoms with Gasteiger partial charge in [-0.2, -0.15) is 5.26 Å². The summed E-state index contributed by atoms with van der Waals surface area (Å²) in [5, 5.41) is 10.8. The summed E-state index contributed by atoms with van der Waals surface area (Å²) in [7, 11) is 0. The molecule has 0 unspecified atom stereocenters. The number of rotatable bonds is 3. The zero-order valence-electron chi connectivity index (χ0n) is 14.2. The number of nitriles is 1. The predicted molar refractivity (Wildman–Crippen MR) is 85.5 cm³/mol. The Hall–Kier alpha value is -3.81. The van der Waals surface area contributed by atoms with Crippen LogP contribution in [0.5, 0.6) is 0 Å². The topological polar surface area (TPSA) is 78.7 Å². The number of nitrogens with one attached hydrogen (secondary N) is 1. The first kappa shape index (κ1) is 19.9. The second-order valence-corrected chi connectivity index (χ2v) is 5.82. The van der Waals surface area contributed by atoms with Gasteiger partial charge >= 0.3 is 0 Å². The number of aryl methyl sites for hydroxylation is 1. The number of carbonyl (C=O) groups excluding carboxylic acids is 1. The van der Waals surface area contributed by atoms with Crippen molar-refractivity contribution < 1.29 is 31.1 Å². The number of halogens is 6. The van der Waals surface area contributed by atoms with E-state index in [1.165, 1.54) is 6.07 Å². The fraction of sp³-hybridized carbons (Fsp3) is 0.0556. The summed E-state index contributed by atoms with van der Waals surface area (Å²) >= 11 is 0. The van der Waals surface area contributed by atoms with E-state index in [-0.39, 0.29) is 16.4 Å². The van der Waals surface area contributed by atoms with Crippen molar-refractivity contribution >= 4 is 5.78 Å². The van der Waals surface area contributed by atoms with Crippen molar-refractivity contribution in [1.29, 1.82) is 5.26 Å². The molecule has 0 bridgehead atoms. The highest BCUT2D eigenvalue weighted by atomic mass is 19.2. The summed E-state index contributed by atoms with van der Waals surface area (Å²) in [6.07, 6.45) is 0. The van der Waals surface area contributed by atoms with Gasteiger partial charge in [-0.3, -0.25) is 14.7 Å². The number of carbonyl (C=O) groups is 1. The van der Waals surface area contributed by atoms with Crippen LogP contribution in [0, 0.1) is 53.2 Å². The molecule has 1 aromatic heterocycles. The Morgan fingerprint density at radius 2 is 1.48 bits per heavy atom. The quantitative estimate of drug-likeness (QED) is 0.408. The number of benzene rings is 2. The molecule has 0 atom stereocenters. The molecule has 0 radical (unpaired) electrons. The van der Waals surface area contributed by atoms with Crippen LogP contribution in [-0.2, 0) is 0 Å². The fourth-order valence-electron chi connectivity index (χ4n) is 2.68. The van der Waals surface area contributed by atoms with Gasteiger partial charge in [0, 0.05) is 17.3 Å². The first-order valence-electron chi connectivity index (χ1n) is 7.67. The fourth-order valence-corrected chi connectivity index (χ4v) is 2.68. The molecule has 0 aliphatic rings. The molecule has 0 saturated carbocycles. The van der Waals surface area contributed by atoms with Gasteiger partial charge in [0.05, 0.1) is 0 Å². The highest BCUT2D eigenvalue weighted by molar-refractivity contribution is 6.09. The third-order valence-corrected chi connectivity index (χ3v) is 4.03. The van der Waals surface area contributed by atoms with Gasteiger partial charge in [0.15, 0.2) is 23.3 Å². The molecule has 0 saturated heterocycles. The number of aromatic amines is 1. The minimum Gasteiger partial charge on any atom is -0.294 e. The summed E-state index contributed by atoms with van der Waals surface area (Å²) in [5.74, 6) is -11.4. The van der Waals surface area contributed by atoms with Crippen molar-refractivity contribution in [3.8, 4) is 11.8 Å². The maximum Gasteiger partial charge on any atom is 0.282 e. The lowest BCUT2D eigenvalue weighted by atomic mass is 10.0. The summed E-state index contributed by atoms with van der Waals surface area (Å²) in [5.41, 5.74) is -5.56. The molecule has 29 heavy (non-hydrogen) atoms. The maximum absolute atomic E-state index is 14.0. The SMILES string of the molecule is Cc1[nH]n(-c2c(F)c(F)cc(F)c2F)c(=O)c1C(=O)c1cc(F)c(C#N)c(F)c1. The van der Waals surface area contributed by atoms with E-state index in [1.54, 1.807) is 0 Å². The molecule has 3 aromatic rings. The minimum atomic E-state index is -1.90. The van der Waals surface area contributed by atoms with Crippen LogP contribution >= 0.6 is 0 Å². The second kappa shape index (κ2) is 6.97. The predicted octanol–water partition coefficient (Wildman–Crippen LogP) is 3.41. The summed E-state index contributed by atoms with van der Waals surface area (Å²) in [6, 6.07) is 2.19. The van der Waals surface area contributed by atoms with Crippen LogP contribution in [0.4, 0.5) is 26.3 Å². The van der Waals surface area contributed by atoms with Crippen molar-refractivity contribution in [2.24, 2.45) is 0 Å². The number of ketones is 1. The van der Waals surface area contributed by atoms with Gasteiger partial charge in [0.2, 0.25) is 5.78 Å². The van der Waals surface area contributed by atoms with Gasteiger partial charge in [0.1, 0.15) is 34.5 Å². The lowest BCUT2D eigenvalue weighted by molar-refractivity contribution is 0.103. The smallest absolute Gasteiger partial charge is 0.282 e. The number of hydrogen-bond donors (Lipinski definition) is 1. The van der Waals surface area contributed by atoms with Gasteiger partial charge in [0.25, 0.3) is 5.56 Å². The van der Waals surface area contributed by atoms with Crippen LogP contribution in [0.2, 0.25) is 0 Å². The Bertz CT molecular complexity index is 1240. The monoisotopic (exact) mass is 411 g/mol. The average molecular weight is 411 g/mol. The zero-order chi connectivity index (χ0) is 21.6. The van der Waals surface area contributed by atoms with Crippen molar-refractivity contribution in [3.63, 3.8) is 0 Å². The summed E-state index contributed by atoms with van der Waals surface area (Å²) in [6.45, 7) is 1.12. The Balaban J connectivity index is 2.22. The van der Waals surface area contributed by atoms with Crippen LogP contribution in [0.1, 0.15) is 27.2 Å². The number of hydrogen-bond acceptors (Lipinski definition) is 3. The standard InChI is InChI=1S/C18H7F6N3O2/c1-6-13(17(28)7-2-9(19)8(5-25)10(20)3-7)18(29)27(26-6)16-14(23)11(21)4-12(22)15(16)24/h2-4,26H,1H3. The van der Waals surface area contributed by atoms with E-state index in [4.69, 9.17) is 5.26 Å². The molecule has 11 heteroatoms. The first-order chi connectivity index (χ1) is 13.6. The van der Waals surface area contributed by atoms with E-state index in [9.17, 15) is 35.9 Å². The van der Waals surface area contributed by atoms with Crippen LogP contribution in [0.25, 0.3) is 5.69 Å². The molecule has 0 spiro atoms. The minimum absolute atomic E-state index is 0.0652. The van der Waals surface area contributed by atoms with E-state index in [0.29, 0.717) is 12.1 Å². The molecule has 148 valence electrons. The molecule has 0 aliphatic heterocycles. The number of H-pyrrole nitrogens is 1. The molecule has 5 nitrogen and oxygen atoms in total. The summed E-state index contributed by atoms with van der Waals surface area (Å²) < 4.78 is 82.4. The van der Waals surface area contributed by atoms with Gasteiger partial charge in [-0.05, 0) is 19.1 Å². The van der Waals surface area contributed by atoms with E-state index < -0.39 is 68.6 Å². The Kier molecular flexibility index (Phi) is 4.79. The lowest BCUT2D eigenvalue weighted by Gasteiger charge is -2.06. The summed E-state index contributed by atoms with van der Waals surface area (Å²) in [4.78, 5) is 25.1. The number of nitrogens with zero attached hydrogens (tertiary/aromatic N) is 2. The third kappa shape index (κ3) is 3.08. The largest absolute Gasteiger partial charge is 0.294 e. The Morgan fingerprint density at radius 3 is 1.97 bits per heavy atom. The molecule has 0 amide bonds. The highest BCUT2D eigenvalue weighted by Gasteiger charge is 2.28. The molecule has 0 aliphatic carbocycles. The van der Waals surface area contributed by atoms with Gasteiger partial charge < -0.3 is 0 Å². The van der Waals surface area contributed by atoms with Crippen LogP contribution in [-0.4, -0.2) is 15.6 Å². The van der Waals surface area contributed by atoms with Crippen LogP contribution in [0.15, 0.2) is 23.0 Å². The van der Waals surface area contributed by atoms with Crippen molar-refractivity contribution in [2.75, 3.05) is 0 Å². The van der Waals surface area contributed by atoms with Gasteiger partial charge in [-0.1, -0.05) is 0 Å². The van der Waals surface area contributed by atoms with Gasteiger partial charge in [-0.15, -0.1) is 0 Å². The molecule has 3 rings (SSSR count). The van der Waals surface area contributed by atoms with Crippen molar-refractivity contribution in [3.05, 3.63) is 85.8 Å². The van der Waals surface area contributed by atoms with E-state index in [0.717, 1.165) is 6.92 Å². The average Bonchev–Trinajstić information content (AvgIpc) is 2.93. The molecule has 1 heterocycles. The molecular weight excluding hydrogens is 404 g/mol. The zero-order valence-corrected chi connectivity index (χ0v) is 14.2. The normalized spacial score (nSPS) is 10.8. The van der Waals surface area contributed by atoms with Crippen molar-refractivity contribution in [2.45, 2.75) is 6.92 Å². The highest BCUT2D eigenvalue weighted by Crippen LogP contribution is 2.23. The van der Waals surface area contributed by atoms with Gasteiger partial charge in [-0.25, -0.2) is 31.0 Å². The molecule has 0 fully saturated rings. The maximum atomic E-state index is 14.0. The van der Waals surface area contributed by atoms with E-state index in [1.807, 2.05) is 0 Å². The van der Waals surface area contributed by atoms with Crippen molar-refractivity contribution in [1.82, 2.24) is 9.78 Å². The third-order valence-electron chi connectivity index (χ3n) is 4.03. The first-order valence-corrected chi connectivity index (χ1v) is 7.67. The lowest BCUT2D eigenvalue weighted by Crippen LogP contribution is -2.23. The second-order valence-electron chi connectivity index (χ2n) is 5.82. The molecule has 1 N–H and O–H groups in total. The number of aromatic nitrogens is 2. The van der Waals surface area contributed by atoms with Crippen LogP contribution < -0.4 is 5.56 Å². The van der Waals surface area contributed by atoms with E-state index in [2.05, 4.69) is 5.10 Å². The Labute approximate surface area is 157 Å². The Morgan fingerprint density at radius 1 is 0.966 bits per heavy atom.